The molecule has 0 bridgehead atoms. The Morgan fingerprint density at radius 1 is 1.14 bits per heavy atom. The summed E-state index contributed by atoms with van der Waals surface area (Å²) in [4.78, 5) is 6.97. The Labute approximate surface area is 140 Å². The first-order valence-corrected chi connectivity index (χ1v) is 7.79. The number of pyridine rings is 1. The predicted octanol–water partition coefficient (Wildman–Crippen LogP) is 4.68. The fourth-order valence-corrected chi connectivity index (χ4v) is 2.88. The van der Waals surface area contributed by atoms with Crippen LogP contribution in [0.15, 0.2) is 36.5 Å². The Bertz CT molecular complexity index is 837. The quantitative estimate of drug-likeness (QED) is 0.693. The van der Waals surface area contributed by atoms with Gasteiger partial charge in [-0.3, -0.25) is 0 Å². The molecule has 22 heavy (non-hydrogen) atoms. The number of nitrogens with zero attached hydrogens (tertiary/aromatic N) is 3. The van der Waals surface area contributed by atoms with Crippen molar-refractivity contribution in [2.24, 2.45) is 0 Å². The standard InChI is InChI=1S/C17H17Cl2N3/c1-11-5-4-8-22-15(10-21(2)3)16(20-17(11)22)12-6-7-13(18)14(19)9-12/h4-9H,10H2,1-3H3. The topological polar surface area (TPSA) is 20.5 Å². The minimum absolute atomic E-state index is 0.545. The molecule has 0 saturated carbocycles. The van der Waals surface area contributed by atoms with Crippen molar-refractivity contribution in [3.05, 3.63) is 57.8 Å². The molecule has 5 heteroatoms. The summed E-state index contributed by atoms with van der Waals surface area (Å²) >= 11 is 12.2. The first-order valence-electron chi connectivity index (χ1n) is 7.04. The van der Waals surface area contributed by atoms with Gasteiger partial charge in [0.2, 0.25) is 0 Å². The van der Waals surface area contributed by atoms with Crippen molar-refractivity contribution in [3.8, 4) is 11.3 Å². The lowest BCUT2D eigenvalue weighted by molar-refractivity contribution is 0.396. The maximum Gasteiger partial charge on any atom is 0.140 e. The Hall–Kier alpha value is -1.55. The molecule has 0 aliphatic carbocycles. The van der Waals surface area contributed by atoms with Crippen LogP contribution in [0, 0.1) is 6.92 Å². The number of imidazole rings is 1. The number of hydrogen-bond donors (Lipinski definition) is 0. The number of halogens is 2. The van der Waals surface area contributed by atoms with E-state index in [0.29, 0.717) is 10.0 Å². The van der Waals surface area contributed by atoms with E-state index >= 15 is 0 Å². The van der Waals surface area contributed by atoms with Gasteiger partial charge >= 0.3 is 0 Å². The molecule has 3 aromatic rings. The van der Waals surface area contributed by atoms with Gasteiger partial charge in [0.1, 0.15) is 5.65 Å². The number of aryl methyl sites for hydroxylation is 1. The highest BCUT2D eigenvalue weighted by atomic mass is 35.5. The lowest BCUT2D eigenvalue weighted by Crippen LogP contribution is -2.13. The molecule has 0 N–H and O–H groups in total. The molecule has 2 aromatic heterocycles. The predicted molar refractivity (Wildman–Crippen MR) is 92.8 cm³/mol. The van der Waals surface area contributed by atoms with E-state index in [1.807, 2.05) is 38.4 Å². The van der Waals surface area contributed by atoms with E-state index in [2.05, 4.69) is 28.5 Å². The van der Waals surface area contributed by atoms with E-state index in [1.165, 1.54) is 0 Å². The minimum atomic E-state index is 0.545. The second-order valence-electron chi connectivity index (χ2n) is 5.66. The molecule has 0 saturated heterocycles. The van der Waals surface area contributed by atoms with Crippen LogP contribution in [0.1, 0.15) is 11.3 Å². The van der Waals surface area contributed by atoms with Crippen LogP contribution in [0.5, 0.6) is 0 Å². The number of aromatic nitrogens is 2. The van der Waals surface area contributed by atoms with Gasteiger partial charge in [-0.1, -0.05) is 35.3 Å². The van der Waals surface area contributed by atoms with Crippen LogP contribution >= 0.6 is 23.2 Å². The molecule has 0 amide bonds. The largest absolute Gasteiger partial charge is 0.304 e. The van der Waals surface area contributed by atoms with Crippen LogP contribution in [-0.2, 0) is 6.54 Å². The Morgan fingerprint density at radius 3 is 2.59 bits per heavy atom. The van der Waals surface area contributed by atoms with Gasteiger partial charge in [0.25, 0.3) is 0 Å². The smallest absolute Gasteiger partial charge is 0.140 e. The molecule has 2 heterocycles. The summed E-state index contributed by atoms with van der Waals surface area (Å²) in [5, 5.41) is 1.10. The summed E-state index contributed by atoms with van der Waals surface area (Å²) in [7, 11) is 4.10. The van der Waals surface area contributed by atoms with E-state index < -0.39 is 0 Å². The molecule has 0 aliphatic heterocycles. The van der Waals surface area contributed by atoms with E-state index in [-0.39, 0.29) is 0 Å². The molecule has 0 radical (unpaired) electrons. The molecular weight excluding hydrogens is 317 g/mol. The summed E-state index contributed by atoms with van der Waals surface area (Å²) in [6, 6.07) is 9.77. The number of benzene rings is 1. The van der Waals surface area contributed by atoms with E-state index in [4.69, 9.17) is 28.2 Å². The fraction of sp³-hybridized carbons (Fsp3) is 0.235. The third-order valence-corrected chi connectivity index (χ3v) is 4.34. The first-order chi connectivity index (χ1) is 10.5. The van der Waals surface area contributed by atoms with Crippen molar-refractivity contribution in [1.29, 1.82) is 0 Å². The summed E-state index contributed by atoms with van der Waals surface area (Å²) in [6.45, 7) is 2.86. The SMILES string of the molecule is Cc1cccn2c(CN(C)C)c(-c3ccc(Cl)c(Cl)c3)nc12. The van der Waals surface area contributed by atoms with Crippen molar-refractivity contribution < 1.29 is 0 Å². The summed E-state index contributed by atoms with van der Waals surface area (Å²) in [5.41, 5.74) is 5.19. The average molecular weight is 334 g/mol. The molecule has 3 rings (SSSR count). The summed E-state index contributed by atoms with van der Waals surface area (Å²) < 4.78 is 2.15. The monoisotopic (exact) mass is 333 g/mol. The fourth-order valence-electron chi connectivity index (χ4n) is 2.58. The lowest BCUT2D eigenvalue weighted by atomic mass is 10.1. The molecule has 114 valence electrons. The van der Waals surface area contributed by atoms with Crippen LogP contribution < -0.4 is 0 Å². The maximum absolute atomic E-state index is 6.17. The van der Waals surface area contributed by atoms with Gasteiger partial charge in [0, 0.05) is 18.3 Å². The third kappa shape index (κ3) is 2.72. The van der Waals surface area contributed by atoms with Crippen LogP contribution in [-0.4, -0.2) is 28.4 Å². The van der Waals surface area contributed by atoms with Gasteiger partial charge in [-0.25, -0.2) is 4.98 Å². The van der Waals surface area contributed by atoms with Crippen LogP contribution in [0.4, 0.5) is 0 Å². The molecule has 3 nitrogen and oxygen atoms in total. The van der Waals surface area contributed by atoms with Crippen molar-refractivity contribution in [3.63, 3.8) is 0 Å². The van der Waals surface area contributed by atoms with Crippen molar-refractivity contribution in [2.45, 2.75) is 13.5 Å². The lowest BCUT2D eigenvalue weighted by Gasteiger charge is -2.12. The normalized spacial score (nSPS) is 11.5. The van der Waals surface area contributed by atoms with Crippen LogP contribution in [0.3, 0.4) is 0 Å². The Morgan fingerprint density at radius 2 is 1.91 bits per heavy atom. The molecule has 0 atom stereocenters. The number of fused-ring (bicyclic) bond motifs is 1. The third-order valence-electron chi connectivity index (χ3n) is 3.60. The van der Waals surface area contributed by atoms with Gasteiger partial charge in [0.15, 0.2) is 0 Å². The van der Waals surface area contributed by atoms with Crippen molar-refractivity contribution in [2.75, 3.05) is 14.1 Å². The average Bonchev–Trinajstić information content (AvgIpc) is 2.82. The van der Waals surface area contributed by atoms with Gasteiger partial charge in [-0.2, -0.15) is 0 Å². The number of rotatable bonds is 3. The van der Waals surface area contributed by atoms with Gasteiger partial charge in [0.05, 0.1) is 21.4 Å². The van der Waals surface area contributed by atoms with Gasteiger partial charge in [-0.15, -0.1) is 0 Å². The molecule has 0 fully saturated rings. The zero-order chi connectivity index (χ0) is 15.9. The van der Waals surface area contributed by atoms with Crippen molar-refractivity contribution >= 4 is 28.8 Å². The second kappa shape index (κ2) is 5.92. The summed E-state index contributed by atoms with van der Waals surface area (Å²) in [6.07, 6.45) is 2.05. The van der Waals surface area contributed by atoms with Gasteiger partial charge in [-0.05, 0) is 44.8 Å². The van der Waals surface area contributed by atoms with E-state index in [0.717, 1.165) is 34.7 Å². The highest BCUT2D eigenvalue weighted by Gasteiger charge is 2.16. The molecule has 0 unspecified atom stereocenters. The molecule has 1 aromatic carbocycles. The highest BCUT2D eigenvalue weighted by molar-refractivity contribution is 6.42. The maximum atomic E-state index is 6.17. The zero-order valence-corrected chi connectivity index (χ0v) is 14.3. The Balaban J connectivity index is 2.27. The Kier molecular flexibility index (Phi) is 4.13. The van der Waals surface area contributed by atoms with Crippen LogP contribution in [0.2, 0.25) is 10.0 Å². The number of hydrogen-bond acceptors (Lipinski definition) is 2. The molecule has 0 aliphatic rings. The first kappa shape index (κ1) is 15.3. The highest BCUT2D eigenvalue weighted by Crippen LogP contribution is 2.31. The summed E-state index contributed by atoms with van der Waals surface area (Å²) in [5.74, 6) is 0. The van der Waals surface area contributed by atoms with Crippen molar-refractivity contribution in [1.82, 2.24) is 14.3 Å². The minimum Gasteiger partial charge on any atom is -0.304 e. The van der Waals surface area contributed by atoms with Crippen LogP contribution in [0.25, 0.3) is 16.9 Å². The van der Waals surface area contributed by atoms with E-state index in [9.17, 15) is 0 Å². The second-order valence-corrected chi connectivity index (χ2v) is 6.47. The molecule has 0 spiro atoms. The van der Waals surface area contributed by atoms with Gasteiger partial charge < -0.3 is 9.30 Å². The van der Waals surface area contributed by atoms with E-state index in [1.54, 1.807) is 0 Å². The zero-order valence-electron chi connectivity index (χ0n) is 12.8. The molecular formula is C17H17Cl2N3.